The molecule has 0 saturated carbocycles. The van der Waals surface area contributed by atoms with Crippen LogP contribution in [0.2, 0.25) is 0 Å². The van der Waals surface area contributed by atoms with Crippen LogP contribution in [0.1, 0.15) is 6.42 Å². The molecule has 5 heavy (non-hydrogen) atoms. The highest BCUT2D eigenvalue weighted by atomic mass is 127. The molecule has 0 heterocycles. The molecular formula is C3H6FI. The molecule has 0 N–H and O–H groups in total. The minimum absolute atomic E-state index is 0.164. The van der Waals surface area contributed by atoms with Gasteiger partial charge in [-0.1, -0.05) is 22.6 Å². The number of rotatable bonds is 2. The van der Waals surface area contributed by atoms with Crippen molar-refractivity contribution >= 4 is 22.6 Å². The van der Waals surface area contributed by atoms with Gasteiger partial charge in [0.1, 0.15) is 0 Å². The summed E-state index contributed by atoms with van der Waals surface area (Å²) in [6, 6.07) is 0. The van der Waals surface area contributed by atoms with Gasteiger partial charge < -0.3 is 0 Å². The molecule has 0 unspecified atom stereocenters. The maximum atomic E-state index is 11.0. The molecule has 0 bridgehead atoms. The fourth-order valence-corrected chi connectivity index (χ4v) is 0.339. The van der Waals surface area contributed by atoms with Crippen molar-refractivity contribution in [3.8, 4) is 0 Å². The van der Waals surface area contributed by atoms with E-state index in [1.165, 1.54) is 0 Å². The molecule has 2 heteroatoms. The molecule has 0 saturated heterocycles. The lowest BCUT2D eigenvalue weighted by Crippen LogP contribution is -1.71. The van der Waals surface area contributed by atoms with E-state index in [0.717, 1.165) is 4.43 Å². The number of hydrogen-bond acceptors (Lipinski definition) is 0. The van der Waals surface area contributed by atoms with Crippen LogP contribution in [0.4, 0.5) is 4.39 Å². The highest BCUT2D eigenvalue weighted by molar-refractivity contribution is 14.1. The van der Waals surface area contributed by atoms with Crippen LogP contribution in [0, 0.1) is 0 Å². The Morgan fingerprint density at radius 2 is 2.20 bits per heavy atom. The van der Waals surface area contributed by atoms with Gasteiger partial charge in [-0.3, -0.25) is 4.39 Å². The Labute approximate surface area is 44.9 Å². The van der Waals surface area contributed by atoms with Gasteiger partial charge in [-0.15, -0.1) is 0 Å². The van der Waals surface area contributed by atoms with E-state index in [-0.39, 0.29) is 6.67 Å². The summed E-state index contributed by atoms with van der Waals surface area (Å²) in [7, 11) is 0. The summed E-state index contributed by atoms with van der Waals surface area (Å²) in [5.74, 6) is 0. The van der Waals surface area contributed by atoms with Gasteiger partial charge in [-0.2, -0.15) is 0 Å². The van der Waals surface area contributed by atoms with E-state index in [1.54, 1.807) is 0 Å². The summed E-state index contributed by atoms with van der Waals surface area (Å²) >= 11 is 2.15. The van der Waals surface area contributed by atoms with E-state index >= 15 is 0 Å². The van der Waals surface area contributed by atoms with Crippen molar-refractivity contribution in [3.05, 3.63) is 0 Å². The Balaban J connectivity index is 2.19. The van der Waals surface area contributed by atoms with Crippen LogP contribution in [0.25, 0.3) is 0 Å². The van der Waals surface area contributed by atoms with Gasteiger partial charge in [-0.25, -0.2) is 0 Å². The van der Waals surface area contributed by atoms with E-state index in [2.05, 4.69) is 22.6 Å². The maximum Gasteiger partial charge on any atom is 0.0901 e. The zero-order valence-electron chi connectivity index (χ0n) is 2.88. The molecule has 0 aromatic rings. The van der Waals surface area contributed by atoms with Crippen LogP contribution in [-0.4, -0.2) is 11.1 Å². The second kappa shape index (κ2) is 4.66. The van der Waals surface area contributed by atoms with Crippen LogP contribution >= 0.6 is 22.6 Å². The Kier molecular flexibility index (Phi) is 5.28. The second-order valence-electron chi connectivity index (χ2n) is 0.732. The van der Waals surface area contributed by atoms with Crippen molar-refractivity contribution in [3.63, 3.8) is 0 Å². The topological polar surface area (TPSA) is 0 Å². The van der Waals surface area contributed by atoms with Gasteiger partial charge in [0, 0.05) is 4.43 Å². The lowest BCUT2D eigenvalue weighted by Gasteiger charge is -1.74. The van der Waals surface area contributed by atoms with E-state index < -0.39 is 0 Å². The zero-order chi connectivity index (χ0) is 4.12. The molecule has 0 nitrogen and oxygen atoms in total. The summed E-state index contributed by atoms with van der Waals surface area (Å²) in [6.07, 6.45) is 0.709. The van der Waals surface area contributed by atoms with E-state index in [9.17, 15) is 4.39 Å². The van der Waals surface area contributed by atoms with Gasteiger partial charge >= 0.3 is 0 Å². The molecule has 0 fully saturated rings. The first-order chi connectivity index (χ1) is 2.41. The third-order valence-corrected chi connectivity index (χ3v) is 1.03. The Hall–Kier alpha value is 0.660. The average Bonchev–Trinajstić information content (AvgIpc) is 1.41. The number of halogens is 2. The van der Waals surface area contributed by atoms with Crippen LogP contribution in [-0.2, 0) is 0 Å². The van der Waals surface area contributed by atoms with Gasteiger partial charge in [0.15, 0.2) is 0 Å². The van der Waals surface area contributed by atoms with Crippen molar-refractivity contribution < 1.29 is 4.39 Å². The lowest BCUT2D eigenvalue weighted by molar-refractivity contribution is 0.491. The summed E-state index contributed by atoms with van der Waals surface area (Å²) in [5.41, 5.74) is 0. The van der Waals surface area contributed by atoms with E-state index in [1.807, 2.05) is 0 Å². The first kappa shape index (κ1) is 5.66. The van der Waals surface area contributed by atoms with Crippen molar-refractivity contribution in [1.29, 1.82) is 0 Å². The predicted octanol–water partition coefficient (Wildman–Crippen LogP) is 1.78. The molecule has 0 rings (SSSR count). The molecule has 32 valence electrons. The smallest absolute Gasteiger partial charge is 0.0901 e. The Bertz CT molecular complexity index is 14.4. The highest BCUT2D eigenvalue weighted by Gasteiger charge is 1.73. The van der Waals surface area contributed by atoms with Crippen LogP contribution in [0.3, 0.4) is 0 Å². The van der Waals surface area contributed by atoms with Gasteiger partial charge in [0.25, 0.3) is 0 Å². The molecule has 0 aromatic carbocycles. The fraction of sp³-hybridized carbons (Fsp3) is 1.00. The number of alkyl halides is 2. The molecule has 0 amide bonds. The predicted molar refractivity (Wildman–Crippen MR) is 29.5 cm³/mol. The summed E-state index contributed by atoms with van der Waals surface area (Å²) in [5, 5.41) is 0. The minimum Gasteiger partial charge on any atom is -0.251 e. The normalized spacial score (nSPS) is 8.40. The summed E-state index contributed by atoms with van der Waals surface area (Å²) in [6.45, 7) is -0.164. The Morgan fingerprint density at radius 1 is 1.60 bits per heavy atom. The fourth-order valence-electron chi connectivity index (χ4n) is 0.0505. The van der Waals surface area contributed by atoms with E-state index in [4.69, 9.17) is 0 Å². The monoisotopic (exact) mass is 187 g/mol. The molecule has 0 radical (unpaired) electrons. The largest absolute Gasteiger partial charge is 0.251 e. The van der Waals surface area contributed by atoms with Crippen molar-refractivity contribution in [2.75, 3.05) is 11.1 Å². The van der Waals surface area contributed by atoms with Gasteiger partial charge in [0.05, 0.1) is 6.67 Å². The quantitative estimate of drug-likeness (QED) is 0.456. The van der Waals surface area contributed by atoms with Crippen LogP contribution < -0.4 is 0 Å². The molecular weight excluding hydrogens is 181 g/mol. The second-order valence-corrected chi connectivity index (χ2v) is 1.81. The molecule has 0 spiro atoms. The lowest BCUT2D eigenvalue weighted by atomic mass is 10.6. The maximum absolute atomic E-state index is 11.0. The molecule has 0 aliphatic carbocycles. The van der Waals surface area contributed by atoms with Crippen molar-refractivity contribution in [2.45, 2.75) is 6.42 Å². The third-order valence-electron chi connectivity index (χ3n) is 0.267. The molecule has 0 aromatic heterocycles. The summed E-state index contributed by atoms with van der Waals surface area (Å²) < 4.78 is 11.9. The van der Waals surface area contributed by atoms with E-state index in [0.29, 0.717) is 6.42 Å². The van der Waals surface area contributed by atoms with Gasteiger partial charge in [0.2, 0.25) is 0 Å². The average molecular weight is 187 g/mol. The van der Waals surface area contributed by atoms with Crippen LogP contribution in [0.5, 0.6) is 0 Å². The number of hydrogen-bond donors (Lipinski definition) is 0. The van der Waals surface area contributed by atoms with Crippen molar-refractivity contribution in [2.24, 2.45) is 0 Å². The Morgan fingerprint density at radius 3 is 2.20 bits per heavy atom. The van der Waals surface area contributed by atoms with Gasteiger partial charge in [-0.05, 0) is 6.42 Å². The third kappa shape index (κ3) is 4.66. The molecule has 0 aliphatic rings. The minimum atomic E-state index is -0.164. The molecule has 0 aliphatic heterocycles. The zero-order valence-corrected chi connectivity index (χ0v) is 5.03. The van der Waals surface area contributed by atoms with Crippen LogP contribution in [0.15, 0.2) is 0 Å². The van der Waals surface area contributed by atoms with Crippen molar-refractivity contribution in [1.82, 2.24) is 0 Å². The first-order valence-corrected chi connectivity index (χ1v) is 3.06. The summed E-state index contributed by atoms with van der Waals surface area (Å²) in [4.78, 5) is 0. The first-order valence-electron chi connectivity index (χ1n) is 1.53. The standard InChI is InChI=1S/C3H6FI/c4-2-1-3-5/h1-3H2/i4-1. The molecule has 0 atom stereocenters. The SMILES string of the molecule is [18F]CCCI. The highest BCUT2D eigenvalue weighted by Crippen LogP contribution is 1.86.